The Kier molecular flexibility index (Phi) is 3.38. The summed E-state index contributed by atoms with van der Waals surface area (Å²) >= 11 is 1.70. The SMILES string of the molecule is Cc1cc(C(=O)N(C)C2CCc3ccccc32)c(C)s1. The van der Waals surface area contributed by atoms with Gasteiger partial charge in [0.05, 0.1) is 11.6 Å². The molecular weight excluding hydrogens is 266 g/mol. The van der Waals surface area contributed by atoms with E-state index in [0.29, 0.717) is 0 Å². The zero-order valence-electron chi connectivity index (χ0n) is 12.1. The molecule has 0 N–H and O–H groups in total. The molecule has 3 rings (SSSR count). The summed E-state index contributed by atoms with van der Waals surface area (Å²) < 4.78 is 0. The Morgan fingerprint density at radius 1 is 1.30 bits per heavy atom. The molecule has 0 aliphatic heterocycles. The van der Waals surface area contributed by atoms with Gasteiger partial charge in [0, 0.05) is 16.8 Å². The topological polar surface area (TPSA) is 20.3 Å². The molecule has 0 fully saturated rings. The zero-order chi connectivity index (χ0) is 14.3. The van der Waals surface area contributed by atoms with E-state index in [-0.39, 0.29) is 11.9 Å². The minimum absolute atomic E-state index is 0.147. The van der Waals surface area contributed by atoms with E-state index in [1.54, 1.807) is 11.3 Å². The molecule has 0 radical (unpaired) electrons. The van der Waals surface area contributed by atoms with Crippen LogP contribution in [0, 0.1) is 13.8 Å². The number of fused-ring (bicyclic) bond motifs is 1. The summed E-state index contributed by atoms with van der Waals surface area (Å²) in [5.41, 5.74) is 3.56. The van der Waals surface area contributed by atoms with Crippen LogP contribution in [0.1, 0.15) is 43.7 Å². The Balaban J connectivity index is 1.89. The third kappa shape index (κ3) is 2.16. The number of rotatable bonds is 2. The van der Waals surface area contributed by atoms with Gasteiger partial charge in [0.1, 0.15) is 0 Å². The lowest BCUT2D eigenvalue weighted by atomic mass is 10.1. The van der Waals surface area contributed by atoms with Crippen LogP contribution in [-0.4, -0.2) is 17.9 Å². The molecule has 0 spiro atoms. The Labute approximate surface area is 124 Å². The Hall–Kier alpha value is -1.61. The molecule has 1 aromatic carbocycles. The molecule has 1 aliphatic carbocycles. The first kappa shape index (κ1) is 13.4. The first-order chi connectivity index (χ1) is 9.58. The molecule has 3 heteroatoms. The molecule has 1 amide bonds. The molecule has 0 bridgehead atoms. The molecule has 2 nitrogen and oxygen atoms in total. The minimum Gasteiger partial charge on any atom is -0.335 e. The maximum Gasteiger partial charge on any atom is 0.255 e. The van der Waals surface area contributed by atoms with Crippen LogP contribution in [0.4, 0.5) is 0 Å². The predicted octanol–water partition coefficient (Wildman–Crippen LogP) is 4.12. The van der Waals surface area contributed by atoms with Gasteiger partial charge < -0.3 is 4.90 Å². The quantitative estimate of drug-likeness (QED) is 0.812. The van der Waals surface area contributed by atoms with Gasteiger partial charge in [-0.1, -0.05) is 24.3 Å². The normalized spacial score (nSPS) is 17.1. The second-order valence-electron chi connectivity index (χ2n) is 5.50. The summed E-state index contributed by atoms with van der Waals surface area (Å²) in [4.78, 5) is 16.9. The van der Waals surface area contributed by atoms with Crippen LogP contribution in [0.3, 0.4) is 0 Å². The van der Waals surface area contributed by atoms with Crippen LogP contribution in [-0.2, 0) is 6.42 Å². The molecule has 0 saturated carbocycles. The van der Waals surface area contributed by atoms with Crippen LogP contribution in [0.25, 0.3) is 0 Å². The van der Waals surface area contributed by atoms with Gasteiger partial charge >= 0.3 is 0 Å². The van der Waals surface area contributed by atoms with Crippen molar-refractivity contribution in [1.82, 2.24) is 4.90 Å². The highest BCUT2D eigenvalue weighted by Crippen LogP contribution is 2.36. The molecule has 20 heavy (non-hydrogen) atoms. The van der Waals surface area contributed by atoms with Gasteiger partial charge in [-0.05, 0) is 43.9 Å². The number of hydrogen-bond donors (Lipinski definition) is 0. The van der Waals surface area contributed by atoms with Crippen molar-refractivity contribution in [2.24, 2.45) is 0 Å². The average molecular weight is 285 g/mol. The molecule has 104 valence electrons. The van der Waals surface area contributed by atoms with E-state index in [0.717, 1.165) is 23.3 Å². The van der Waals surface area contributed by atoms with Crippen molar-refractivity contribution in [3.8, 4) is 0 Å². The fourth-order valence-corrected chi connectivity index (χ4v) is 4.03. The number of benzene rings is 1. The van der Waals surface area contributed by atoms with Crippen LogP contribution in [0.15, 0.2) is 30.3 Å². The lowest BCUT2D eigenvalue weighted by Gasteiger charge is -2.25. The van der Waals surface area contributed by atoms with Gasteiger partial charge in [-0.25, -0.2) is 0 Å². The summed E-state index contributed by atoms with van der Waals surface area (Å²) in [6, 6.07) is 10.7. The fraction of sp³-hybridized carbons (Fsp3) is 0.353. The first-order valence-corrected chi connectivity index (χ1v) is 7.81. The van der Waals surface area contributed by atoms with E-state index in [1.807, 2.05) is 24.9 Å². The molecule has 1 heterocycles. The van der Waals surface area contributed by atoms with Crippen molar-refractivity contribution in [1.29, 1.82) is 0 Å². The van der Waals surface area contributed by atoms with Gasteiger partial charge in [-0.2, -0.15) is 0 Å². The molecule has 1 atom stereocenters. The lowest BCUT2D eigenvalue weighted by Crippen LogP contribution is -2.30. The summed E-state index contributed by atoms with van der Waals surface area (Å²) in [7, 11) is 1.93. The predicted molar refractivity (Wildman–Crippen MR) is 83.4 cm³/mol. The largest absolute Gasteiger partial charge is 0.335 e. The third-order valence-corrected chi connectivity index (χ3v) is 5.13. The van der Waals surface area contributed by atoms with E-state index in [1.165, 1.54) is 16.0 Å². The minimum atomic E-state index is 0.147. The Morgan fingerprint density at radius 3 is 2.75 bits per heavy atom. The molecule has 1 aromatic heterocycles. The summed E-state index contributed by atoms with van der Waals surface area (Å²) in [6.07, 6.45) is 2.10. The number of thiophene rings is 1. The highest BCUT2D eigenvalue weighted by Gasteiger charge is 2.29. The molecule has 2 aromatic rings. The van der Waals surface area contributed by atoms with Crippen LogP contribution in [0.5, 0.6) is 0 Å². The number of carbonyl (C=O) groups is 1. The molecular formula is C17H19NOS. The standard InChI is InChI=1S/C17H19NOS/c1-11-10-15(12(2)20-11)17(19)18(3)16-9-8-13-6-4-5-7-14(13)16/h4-7,10,16H,8-9H2,1-3H3. The van der Waals surface area contributed by atoms with E-state index in [4.69, 9.17) is 0 Å². The maximum atomic E-state index is 12.7. The summed E-state index contributed by atoms with van der Waals surface area (Å²) in [6.45, 7) is 4.08. The number of amides is 1. The second kappa shape index (κ2) is 5.06. The number of carbonyl (C=O) groups excluding carboxylic acids is 1. The molecule has 0 saturated heterocycles. The van der Waals surface area contributed by atoms with E-state index in [9.17, 15) is 4.79 Å². The molecule has 1 unspecified atom stereocenters. The molecule has 1 aliphatic rings. The third-order valence-electron chi connectivity index (χ3n) is 4.16. The van der Waals surface area contributed by atoms with Crippen LogP contribution >= 0.6 is 11.3 Å². The second-order valence-corrected chi connectivity index (χ2v) is 6.96. The van der Waals surface area contributed by atoms with E-state index in [2.05, 4.69) is 31.2 Å². The van der Waals surface area contributed by atoms with Gasteiger partial charge in [-0.3, -0.25) is 4.79 Å². The van der Waals surface area contributed by atoms with Crippen molar-refractivity contribution in [2.45, 2.75) is 32.7 Å². The highest BCUT2D eigenvalue weighted by atomic mass is 32.1. The zero-order valence-corrected chi connectivity index (χ0v) is 13.0. The Morgan fingerprint density at radius 2 is 2.05 bits per heavy atom. The van der Waals surface area contributed by atoms with E-state index >= 15 is 0 Å². The van der Waals surface area contributed by atoms with Gasteiger partial charge in [0.25, 0.3) is 5.91 Å². The van der Waals surface area contributed by atoms with Gasteiger partial charge in [0.2, 0.25) is 0 Å². The number of hydrogen-bond acceptors (Lipinski definition) is 2. The fourth-order valence-electron chi connectivity index (χ4n) is 3.11. The summed E-state index contributed by atoms with van der Waals surface area (Å²) in [5.74, 6) is 0.147. The number of aryl methyl sites for hydroxylation is 3. The highest BCUT2D eigenvalue weighted by molar-refractivity contribution is 7.12. The first-order valence-electron chi connectivity index (χ1n) is 7.00. The van der Waals surface area contributed by atoms with Crippen molar-refractivity contribution in [3.63, 3.8) is 0 Å². The monoisotopic (exact) mass is 285 g/mol. The smallest absolute Gasteiger partial charge is 0.255 e. The van der Waals surface area contributed by atoms with Crippen molar-refractivity contribution < 1.29 is 4.79 Å². The average Bonchev–Trinajstić information content (AvgIpc) is 3.00. The van der Waals surface area contributed by atoms with Crippen molar-refractivity contribution in [2.75, 3.05) is 7.05 Å². The van der Waals surface area contributed by atoms with Gasteiger partial charge in [0.15, 0.2) is 0 Å². The van der Waals surface area contributed by atoms with Crippen LogP contribution in [0.2, 0.25) is 0 Å². The van der Waals surface area contributed by atoms with Gasteiger partial charge in [-0.15, -0.1) is 11.3 Å². The lowest BCUT2D eigenvalue weighted by molar-refractivity contribution is 0.0730. The Bertz CT molecular complexity index is 659. The number of nitrogens with zero attached hydrogens (tertiary/aromatic N) is 1. The van der Waals surface area contributed by atoms with Crippen molar-refractivity contribution in [3.05, 3.63) is 56.8 Å². The summed E-state index contributed by atoms with van der Waals surface area (Å²) in [5, 5.41) is 0. The van der Waals surface area contributed by atoms with Crippen LogP contribution < -0.4 is 0 Å². The maximum absolute atomic E-state index is 12.7. The van der Waals surface area contributed by atoms with E-state index < -0.39 is 0 Å². The van der Waals surface area contributed by atoms with Crippen molar-refractivity contribution >= 4 is 17.2 Å².